The van der Waals surface area contributed by atoms with Crippen LogP contribution in [0.1, 0.15) is 23.9 Å². The summed E-state index contributed by atoms with van der Waals surface area (Å²) in [4.78, 5) is 16.7. The summed E-state index contributed by atoms with van der Waals surface area (Å²) in [7, 11) is 1.61. The summed E-state index contributed by atoms with van der Waals surface area (Å²) >= 11 is 0. The molecule has 2 heterocycles. The zero-order valence-corrected chi connectivity index (χ0v) is 17.7. The Balaban J connectivity index is 1.95. The van der Waals surface area contributed by atoms with Crippen molar-refractivity contribution in [3.8, 4) is 5.69 Å². The lowest BCUT2D eigenvalue weighted by Crippen LogP contribution is -2.41. The number of likely N-dealkylation sites (N-methyl/N-ethyl adjacent to an activating group) is 1. The van der Waals surface area contributed by atoms with Crippen molar-refractivity contribution in [1.82, 2.24) is 24.9 Å². The van der Waals surface area contributed by atoms with Crippen molar-refractivity contribution in [2.45, 2.75) is 26.4 Å². The molecule has 2 amide bonds. The van der Waals surface area contributed by atoms with E-state index in [4.69, 9.17) is 9.84 Å². The number of nitrogens with zero attached hydrogens (tertiary/aromatic N) is 4. The van der Waals surface area contributed by atoms with Gasteiger partial charge in [-0.05, 0) is 24.7 Å². The summed E-state index contributed by atoms with van der Waals surface area (Å²) in [5.41, 5.74) is 3.73. The van der Waals surface area contributed by atoms with E-state index in [0.717, 1.165) is 43.0 Å². The number of urea groups is 1. The lowest BCUT2D eigenvalue weighted by molar-refractivity contribution is 0.146. The molecule has 0 aliphatic carbocycles. The maximum atomic E-state index is 13.8. The SMILES string of the molecule is C=CCNC(=O)N(CCOC)Cc1nn(-c2cccc(F)c2)c2c1CN(CC)CC2. The third-order valence-corrected chi connectivity index (χ3v) is 5.31. The number of rotatable bonds is 9. The number of fused-ring (bicyclic) bond motifs is 1. The topological polar surface area (TPSA) is 62.6 Å². The van der Waals surface area contributed by atoms with Crippen molar-refractivity contribution in [3.63, 3.8) is 0 Å². The molecule has 3 rings (SSSR count). The molecule has 0 atom stereocenters. The Kier molecular flexibility index (Phi) is 7.59. The quantitative estimate of drug-likeness (QED) is 0.640. The van der Waals surface area contributed by atoms with Gasteiger partial charge in [-0.25, -0.2) is 13.9 Å². The van der Waals surface area contributed by atoms with Crippen molar-refractivity contribution in [1.29, 1.82) is 0 Å². The van der Waals surface area contributed by atoms with Gasteiger partial charge >= 0.3 is 6.03 Å². The first-order chi connectivity index (χ1) is 14.6. The Morgan fingerprint density at radius 3 is 3.00 bits per heavy atom. The Morgan fingerprint density at radius 2 is 2.30 bits per heavy atom. The standard InChI is InChI=1S/C22H30FN5O2/c1-4-10-24-22(29)27(12-13-30-3)16-20-19-15-26(5-2)11-9-21(19)28(25-20)18-8-6-7-17(23)14-18/h4,6-8,14H,1,5,9-13,15-16H2,2-3H3,(H,24,29). The number of amides is 2. The van der Waals surface area contributed by atoms with E-state index in [2.05, 4.69) is 23.7 Å². The van der Waals surface area contributed by atoms with Crippen LogP contribution >= 0.6 is 0 Å². The van der Waals surface area contributed by atoms with E-state index in [1.165, 1.54) is 12.1 Å². The van der Waals surface area contributed by atoms with E-state index < -0.39 is 0 Å². The van der Waals surface area contributed by atoms with Gasteiger partial charge in [-0.1, -0.05) is 19.1 Å². The molecule has 1 aliphatic rings. The molecule has 0 saturated heterocycles. The summed E-state index contributed by atoms with van der Waals surface area (Å²) in [6.45, 7) is 10.0. The van der Waals surface area contributed by atoms with E-state index in [9.17, 15) is 9.18 Å². The molecule has 0 bridgehead atoms. The Morgan fingerprint density at radius 1 is 1.47 bits per heavy atom. The molecule has 1 aromatic carbocycles. The Labute approximate surface area is 177 Å². The fraction of sp³-hybridized carbons (Fsp3) is 0.455. The number of benzene rings is 1. The molecule has 1 aliphatic heterocycles. The van der Waals surface area contributed by atoms with Crippen LogP contribution in [-0.2, 0) is 24.2 Å². The van der Waals surface area contributed by atoms with Crippen LogP contribution in [0.25, 0.3) is 5.69 Å². The van der Waals surface area contributed by atoms with Crippen molar-refractivity contribution in [2.24, 2.45) is 0 Å². The van der Waals surface area contributed by atoms with Crippen LogP contribution in [0.4, 0.5) is 9.18 Å². The molecule has 1 aromatic heterocycles. The van der Waals surface area contributed by atoms with E-state index in [1.54, 1.807) is 24.2 Å². The number of nitrogens with one attached hydrogen (secondary N) is 1. The smallest absolute Gasteiger partial charge is 0.318 e. The van der Waals surface area contributed by atoms with E-state index >= 15 is 0 Å². The molecule has 1 N–H and O–H groups in total. The average Bonchev–Trinajstić information content (AvgIpc) is 3.12. The summed E-state index contributed by atoms with van der Waals surface area (Å²) in [6, 6.07) is 6.27. The molecule has 0 spiro atoms. The minimum Gasteiger partial charge on any atom is -0.383 e. The van der Waals surface area contributed by atoms with Gasteiger partial charge in [-0.2, -0.15) is 5.10 Å². The predicted octanol–water partition coefficient (Wildman–Crippen LogP) is 2.73. The van der Waals surface area contributed by atoms with Crippen LogP contribution in [0.2, 0.25) is 0 Å². The van der Waals surface area contributed by atoms with E-state index in [-0.39, 0.29) is 11.8 Å². The van der Waals surface area contributed by atoms with Gasteiger partial charge in [0.05, 0.1) is 30.2 Å². The molecule has 8 heteroatoms. The minimum atomic E-state index is -0.296. The average molecular weight is 416 g/mol. The molecular formula is C22H30FN5O2. The highest BCUT2D eigenvalue weighted by atomic mass is 19.1. The van der Waals surface area contributed by atoms with Crippen LogP contribution in [-0.4, -0.2) is 65.5 Å². The van der Waals surface area contributed by atoms with E-state index in [0.29, 0.717) is 31.9 Å². The molecule has 0 radical (unpaired) electrons. The first-order valence-corrected chi connectivity index (χ1v) is 10.3. The van der Waals surface area contributed by atoms with Gasteiger partial charge in [-0.3, -0.25) is 4.90 Å². The zero-order chi connectivity index (χ0) is 21.5. The molecule has 7 nitrogen and oxygen atoms in total. The monoisotopic (exact) mass is 415 g/mol. The molecule has 2 aromatic rings. The molecule has 30 heavy (non-hydrogen) atoms. The van der Waals surface area contributed by atoms with Gasteiger partial charge in [0.15, 0.2) is 0 Å². The number of methoxy groups -OCH3 is 1. The number of carbonyl (C=O) groups is 1. The van der Waals surface area contributed by atoms with Crippen molar-refractivity contribution < 1.29 is 13.9 Å². The van der Waals surface area contributed by atoms with Gasteiger partial charge < -0.3 is 15.0 Å². The third-order valence-electron chi connectivity index (χ3n) is 5.31. The van der Waals surface area contributed by atoms with Crippen LogP contribution < -0.4 is 5.32 Å². The Hall–Kier alpha value is -2.71. The number of aromatic nitrogens is 2. The number of carbonyl (C=O) groups excluding carboxylic acids is 1. The second-order valence-corrected chi connectivity index (χ2v) is 7.27. The Bertz CT molecular complexity index is 882. The van der Waals surface area contributed by atoms with Gasteiger partial charge in [0.25, 0.3) is 0 Å². The highest BCUT2D eigenvalue weighted by Crippen LogP contribution is 2.26. The maximum absolute atomic E-state index is 13.8. The van der Waals surface area contributed by atoms with Gasteiger partial charge in [0.2, 0.25) is 0 Å². The normalized spacial score (nSPS) is 13.7. The second kappa shape index (κ2) is 10.4. The molecular weight excluding hydrogens is 385 g/mol. The molecule has 0 unspecified atom stereocenters. The number of halogens is 1. The van der Waals surface area contributed by atoms with Crippen molar-refractivity contribution >= 4 is 6.03 Å². The second-order valence-electron chi connectivity index (χ2n) is 7.27. The van der Waals surface area contributed by atoms with Gasteiger partial charge in [0.1, 0.15) is 5.82 Å². The van der Waals surface area contributed by atoms with Crippen LogP contribution in [0, 0.1) is 5.82 Å². The summed E-state index contributed by atoms with van der Waals surface area (Å²) in [5, 5.41) is 7.65. The van der Waals surface area contributed by atoms with Crippen molar-refractivity contribution in [2.75, 3.05) is 39.9 Å². The lowest BCUT2D eigenvalue weighted by Gasteiger charge is -2.27. The molecule has 0 fully saturated rings. The zero-order valence-electron chi connectivity index (χ0n) is 17.7. The van der Waals surface area contributed by atoms with Gasteiger partial charge in [-0.15, -0.1) is 6.58 Å². The minimum absolute atomic E-state index is 0.191. The first kappa shape index (κ1) is 22.0. The third kappa shape index (κ3) is 5.06. The summed E-state index contributed by atoms with van der Waals surface area (Å²) < 4.78 is 20.9. The summed E-state index contributed by atoms with van der Waals surface area (Å²) in [5.74, 6) is -0.296. The fourth-order valence-corrected chi connectivity index (χ4v) is 3.67. The number of hydrogen-bond donors (Lipinski definition) is 1. The van der Waals surface area contributed by atoms with Crippen LogP contribution in [0.15, 0.2) is 36.9 Å². The lowest BCUT2D eigenvalue weighted by atomic mass is 10.0. The predicted molar refractivity (Wildman–Crippen MR) is 114 cm³/mol. The van der Waals surface area contributed by atoms with E-state index in [1.807, 2.05) is 10.7 Å². The molecule has 162 valence electrons. The number of ether oxygens (including phenoxy) is 1. The van der Waals surface area contributed by atoms with Crippen molar-refractivity contribution in [3.05, 3.63) is 59.7 Å². The van der Waals surface area contributed by atoms with Gasteiger partial charge in [0, 0.05) is 45.3 Å². The largest absolute Gasteiger partial charge is 0.383 e. The highest BCUT2D eigenvalue weighted by Gasteiger charge is 2.27. The molecule has 0 saturated carbocycles. The maximum Gasteiger partial charge on any atom is 0.318 e. The van der Waals surface area contributed by atoms with Crippen LogP contribution in [0.3, 0.4) is 0 Å². The first-order valence-electron chi connectivity index (χ1n) is 10.3. The summed E-state index contributed by atoms with van der Waals surface area (Å²) in [6.07, 6.45) is 2.47. The fourth-order valence-electron chi connectivity index (χ4n) is 3.67. The highest BCUT2D eigenvalue weighted by molar-refractivity contribution is 5.74. The van der Waals surface area contributed by atoms with Crippen LogP contribution in [0.5, 0.6) is 0 Å². The number of hydrogen-bond acceptors (Lipinski definition) is 4.